The lowest BCUT2D eigenvalue weighted by molar-refractivity contribution is 0.409. The van der Waals surface area contributed by atoms with Crippen LogP contribution < -0.4 is 5.32 Å². The van der Waals surface area contributed by atoms with Gasteiger partial charge >= 0.3 is 0 Å². The summed E-state index contributed by atoms with van der Waals surface area (Å²) in [4.78, 5) is 0. The highest BCUT2D eigenvalue weighted by Crippen LogP contribution is 2.37. The van der Waals surface area contributed by atoms with Crippen LogP contribution in [0.15, 0.2) is 24.3 Å². The lowest BCUT2D eigenvalue weighted by Gasteiger charge is -2.29. The largest absolute Gasteiger partial charge is 0.311 e. The average molecular weight is 203 g/mol. The molecule has 1 heteroatoms. The predicted molar refractivity (Wildman–Crippen MR) is 65.3 cm³/mol. The summed E-state index contributed by atoms with van der Waals surface area (Å²) in [5.41, 5.74) is 3.32. The second kappa shape index (κ2) is 3.97. The highest BCUT2D eigenvalue weighted by molar-refractivity contribution is 5.33. The van der Waals surface area contributed by atoms with Crippen molar-refractivity contribution in [3.8, 4) is 0 Å². The minimum absolute atomic E-state index is 0.255. The first kappa shape index (κ1) is 10.7. The van der Waals surface area contributed by atoms with E-state index in [1.54, 1.807) is 5.56 Å². The van der Waals surface area contributed by atoms with Crippen molar-refractivity contribution in [2.45, 2.75) is 45.1 Å². The van der Waals surface area contributed by atoms with Crippen LogP contribution >= 0.6 is 0 Å². The summed E-state index contributed by atoms with van der Waals surface area (Å²) in [6.07, 6.45) is 2.41. The maximum absolute atomic E-state index is 3.60. The van der Waals surface area contributed by atoms with Crippen molar-refractivity contribution in [1.29, 1.82) is 0 Å². The normalized spacial score (nSPS) is 24.3. The van der Waals surface area contributed by atoms with Crippen molar-refractivity contribution < 1.29 is 0 Å². The van der Waals surface area contributed by atoms with E-state index in [9.17, 15) is 0 Å². The first-order valence-corrected chi connectivity index (χ1v) is 5.98. The van der Waals surface area contributed by atoms with Crippen LogP contribution in [0.2, 0.25) is 0 Å². The van der Waals surface area contributed by atoms with E-state index >= 15 is 0 Å². The van der Waals surface area contributed by atoms with Crippen molar-refractivity contribution in [2.75, 3.05) is 6.54 Å². The first-order chi connectivity index (χ1) is 7.15. The highest BCUT2D eigenvalue weighted by Gasteiger charge is 2.35. The lowest BCUT2D eigenvalue weighted by Crippen LogP contribution is -2.37. The van der Waals surface area contributed by atoms with Gasteiger partial charge in [0, 0.05) is 11.5 Å². The van der Waals surface area contributed by atoms with Gasteiger partial charge in [0.05, 0.1) is 0 Å². The number of benzene rings is 1. The molecule has 15 heavy (non-hydrogen) atoms. The molecule has 1 aromatic rings. The molecule has 0 aromatic heterocycles. The van der Waals surface area contributed by atoms with Crippen molar-refractivity contribution in [1.82, 2.24) is 5.32 Å². The van der Waals surface area contributed by atoms with E-state index in [4.69, 9.17) is 0 Å². The Morgan fingerprint density at radius 3 is 2.67 bits per heavy atom. The second-order valence-electron chi connectivity index (χ2n) is 5.04. The number of nitrogens with one attached hydrogen (secondary N) is 1. The molecule has 0 radical (unpaired) electrons. The van der Waals surface area contributed by atoms with Crippen LogP contribution in [0.1, 0.15) is 44.2 Å². The zero-order valence-corrected chi connectivity index (χ0v) is 10.0. The van der Waals surface area contributed by atoms with Crippen LogP contribution in [0.3, 0.4) is 0 Å². The van der Waals surface area contributed by atoms with Gasteiger partial charge in [0.2, 0.25) is 0 Å². The second-order valence-corrected chi connectivity index (χ2v) is 5.04. The number of hydrogen-bond acceptors (Lipinski definition) is 1. The standard InChI is InChI=1S/C14H21N/c1-4-11-7-5-6-8-12(11)13-9-10-15-14(13,2)3/h5-8,13,15H,4,9-10H2,1-3H3. The topological polar surface area (TPSA) is 12.0 Å². The Morgan fingerprint density at radius 2 is 2.07 bits per heavy atom. The Bertz CT molecular complexity index is 341. The molecule has 0 aliphatic carbocycles. The Kier molecular flexibility index (Phi) is 2.83. The van der Waals surface area contributed by atoms with Crippen LogP contribution in [0.4, 0.5) is 0 Å². The van der Waals surface area contributed by atoms with Gasteiger partial charge < -0.3 is 5.32 Å². The Balaban J connectivity index is 2.36. The number of hydrogen-bond donors (Lipinski definition) is 1. The van der Waals surface area contributed by atoms with Crippen LogP contribution in [-0.4, -0.2) is 12.1 Å². The third kappa shape index (κ3) is 1.93. The molecule has 0 saturated carbocycles. The van der Waals surface area contributed by atoms with E-state index in [1.807, 2.05) is 0 Å². The summed E-state index contributed by atoms with van der Waals surface area (Å²) in [5.74, 6) is 0.675. The zero-order chi connectivity index (χ0) is 10.9. The van der Waals surface area contributed by atoms with Gasteiger partial charge in [-0.15, -0.1) is 0 Å². The molecule has 1 atom stereocenters. The van der Waals surface area contributed by atoms with Crippen molar-refractivity contribution in [3.63, 3.8) is 0 Å². The molecule has 1 fully saturated rings. The minimum Gasteiger partial charge on any atom is -0.311 e. The van der Waals surface area contributed by atoms with Gasteiger partial charge in [0.1, 0.15) is 0 Å². The molecular weight excluding hydrogens is 182 g/mol. The van der Waals surface area contributed by atoms with E-state index in [1.165, 1.54) is 12.0 Å². The Labute approximate surface area is 92.9 Å². The number of aryl methyl sites for hydroxylation is 1. The molecule has 82 valence electrons. The fraction of sp³-hybridized carbons (Fsp3) is 0.571. The first-order valence-electron chi connectivity index (χ1n) is 5.98. The van der Waals surface area contributed by atoms with Gasteiger partial charge in [-0.25, -0.2) is 0 Å². The third-order valence-corrected chi connectivity index (χ3v) is 3.70. The summed E-state index contributed by atoms with van der Waals surface area (Å²) < 4.78 is 0. The molecule has 0 spiro atoms. The molecule has 2 rings (SSSR count). The van der Waals surface area contributed by atoms with Gasteiger partial charge in [-0.1, -0.05) is 31.2 Å². The minimum atomic E-state index is 0.255. The maximum Gasteiger partial charge on any atom is 0.0194 e. The van der Waals surface area contributed by atoms with Gasteiger partial charge in [-0.3, -0.25) is 0 Å². The predicted octanol–water partition coefficient (Wildman–Crippen LogP) is 3.10. The maximum atomic E-state index is 3.60. The van der Waals surface area contributed by atoms with Crippen molar-refractivity contribution in [3.05, 3.63) is 35.4 Å². The highest BCUT2D eigenvalue weighted by atomic mass is 15.0. The fourth-order valence-corrected chi connectivity index (χ4v) is 2.76. The summed E-state index contributed by atoms with van der Waals surface area (Å²) in [7, 11) is 0. The van der Waals surface area contributed by atoms with E-state index in [2.05, 4.69) is 50.4 Å². The Morgan fingerprint density at radius 1 is 1.33 bits per heavy atom. The van der Waals surface area contributed by atoms with Gasteiger partial charge in [-0.2, -0.15) is 0 Å². The summed E-state index contributed by atoms with van der Waals surface area (Å²) >= 11 is 0. The van der Waals surface area contributed by atoms with E-state index in [0.29, 0.717) is 5.92 Å². The van der Waals surface area contributed by atoms with Crippen LogP contribution in [0.25, 0.3) is 0 Å². The molecule has 1 saturated heterocycles. The number of rotatable bonds is 2. The molecule has 1 aromatic carbocycles. The van der Waals surface area contributed by atoms with Crippen LogP contribution in [0, 0.1) is 0 Å². The molecule has 1 unspecified atom stereocenters. The quantitative estimate of drug-likeness (QED) is 0.779. The SMILES string of the molecule is CCc1ccccc1C1CCNC1(C)C. The third-order valence-electron chi connectivity index (χ3n) is 3.70. The molecule has 1 nitrogen and oxygen atoms in total. The van der Waals surface area contributed by atoms with Gasteiger partial charge in [-0.05, 0) is 44.4 Å². The fourth-order valence-electron chi connectivity index (χ4n) is 2.76. The van der Waals surface area contributed by atoms with Crippen LogP contribution in [-0.2, 0) is 6.42 Å². The summed E-state index contributed by atoms with van der Waals surface area (Å²) in [6, 6.07) is 8.89. The van der Waals surface area contributed by atoms with Gasteiger partial charge in [0.15, 0.2) is 0 Å². The smallest absolute Gasteiger partial charge is 0.0194 e. The van der Waals surface area contributed by atoms with E-state index in [0.717, 1.165) is 13.0 Å². The molecule has 0 amide bonds. The lowest BCUT2D eigenvalue weighted by atomic mass is 9.81. The average Bonchev–Trinajstić information content (AvgIpc) is 2.58. The molecule has 1 aliphatic heterocycles. The summed E-state index contributed by atoms with van der Waals surface area (Å²) in [5, 5.41) is 3.60. The molecule has 1 aliphatic rings. The molecule has 1 N–H and O–H groups in total. The monoisotopic (exact) mass is 203 g/mol. The van der Waals surface area contributed by atoms with Crippen LogP contribution in [0.5, 0.6) is 0 Å². The van der Waals surface area contributed by atoms with Gasteiger partial charge in [0.25, 0.3) is 0 Å². The molecule has 1 heterocycles. The molecule has 0 bridgehead atoms. The molecular formula is C14H21N. The van der Waals surface area contributed by atoms with Crippen molar-refractivity contribution >= 4 is 0 Å². The zero-order valence-electron chi connectivity index (χ0n) is 10.0. The Hall–Kier alpha value is -0.820. The van der Waals surface area contributed by atoms with Crippen molar-refractivity contribution in [2.24, 2.45) is 0 Å². The van der Waals surface area contributed by atoms with E-state index < -0.39 is 0 Å². The van der Waals surface area contributed by atoms with E-state index in [-0.39, 0.29) is 5.54 Å². The summed E-state index contributed by atoms with van der Waals surface area (Å²) in [6.45, 7) is 8.03.